The summed E-state index contributed by atoms with van der Waals surface area (Å²) >= 11 is 0. The van der Waals surface area contributed by atoms with E-state index in [2.05, 4.69) is 10.3 Å². The molecule has 29 heavy (non-hydrogen) atoms. The maximum Gasteiger partial charge on any atom is 0.253 e. The van der Waals surface area contributed by atoms with Gasteiger partial charge >= 0.3 is 0 Å². The molecule has 0 spiro atoms. The highest BCUT2D eigenvalue weighted by Gasteiger charge is 2.47. The maximum atomic E-state index is 13.1. The molecule has 2 aromatic carbocycles. The van der Waals surface area contributed by atoms with Gasteiger partial charge in [-0.05, 0) is 56.2 Å². The quantitative estimate of drug-likeness (QED) is 0.680. The monoisotopic (exact) mass is 388 g/mol. The summed E-state index contributed by atoms with van der Waals surface area (Å²) in [5.74, 6) is 0.296. The Balaban J connectivity index is 1.41. The van der Waals surface area contributed by atoms with E-state index in [0.717, 1.165) is 23.9 Å². The van der Waals surface area contributed by atoms with Gasteiger partial charge in [0.1, 0.15) is 6.04 Å². The van der Waals surface area contributed by atoms with Crippen molar-refractivity contribution in [2.75, 3.05) is 10.2 Å². The van der Waals surface area contributed by atoms with Crippen LogP contribution in [-0.4, -0.2) is 33.2 Å². The molecule has 3 aromatic rings. The van der Waals surface area contributed by atoms with E-state index in [1.165, 1.54) is 6.92 Å². The second kappa shape index (κ2) is 6.55. The summed E-state index contributed by atoms with van der Waals surface area (Å²) in [7, 11) is 0. The van der Waals surface area contributed by atoms with Crippen LogP contribution in [-0.2, 0) is 9.59 Å². The largest absolute Gasteiger partial charge is 0.326 e. The van der Waals surface area contributed by atoms with Crippen LogP contribution in [0.25, 0.3) is 11.0 Å². The minimum Gasteiger partial charge on any atom is -0.326 e. The van der Waals surface area contributed by atoms with Gasteiger partial charge in [0.05, 0.1) is 17.5 Å². The van der Waals surface area contributed by atoms with Crippen molar-refractivity contribution in [3.63, 3.8) is 0 Å². The molecule has 5 rings (SSSR count). The first-order chi connectivity index (χ1) is 14.0. The SMILES string of the molecule is CC(=O)c1ccc(NC(=O)CC2C(=O)N(C3CC3)c3nc4ccccc4n32)cc1. The molecule has 1 aliphatic heterocycles. The van der Waals surface area contributed by atoms with E-state index in [-0.39, 0.29) is 30.1 Å². The number of benzene rings is 2. The molecule has 1 N–H and O–H groups in total. The van der Waals surface area contributed by atoms with Gasteiger partial charge in [0.25, 0.3) is 5.91 Å². The summed E-state index contributed by atoms with van der Waals surface area (Å²) in [5.41, 5.74) is 2.87. The molecule has 7 heteroatoms. The Labute approximate surface area is 167 Å². The molecule has 2 heterocycles. The molecular weight excluding hydrogens is 368 g/mol. The lowest BCUT2D eigenvalue weighted by molar-refractivity contribution is -0.124. The Morgan fingerprint density at radius 2 is 1.83 bits per heavy atom. The summed E-state index contributed by atoms with van der Waals surface area (Å²) in [6.45, 7) is 1.50. The number of ketones is 1. The van der Waals surface area contributed by atoms with Gasteiger partial charge in [-0.2, -0.15) is 0 Å². The zero-order valence-electron chi connectivity index (χ0n) is 16.0. The number of rotatable bonds is 5. The van der Waals surface area contributed by atoms with E-state index in [9.17, 15) is 14.4 Å². The number of amides is 2. The third-order valence-electron chi connectivity index (χ3n) is 5.49. The molecule has 0 bridgehead atoms. The third-order valence-corrected chi connectivity index (χ3v) is 5.49. The average molecular weight is 388 g/mol. The second-order valence-corrected chi connectivity index (χ2v) is 7.61. The lowest BCUT2D eigenvalue weighted by Gasteiger charge is -2.15. The highest BCUT2D eigenvalue weighted by molar-refractivity contribution is 6.05. The molecule has 1 fully saturated rings. The number of hydrogen-bond donors (Lipinski definition) is 1. The van der Waals surface area contributed by atoms with E-state index in [4.69, 9.17) is 0 Å². The smallest absolute Gasteiger partial charge is 0.253 e. The number of para-hydroxylation sites is 2. The van der Waals surface area contributed by atoms with Crippen molar-refractivity contribution in [3.05, 3.63) is 54.1 Å². The predicted molar refractivity (Wildman–Crippen MR) is 109 cm³/mol. The number of imidazole rings is 1. The Bertz CT molecular complexity index is 1140. The molecule has 146 valence electrons. The summed E-state index contributed by atoms with van der Waals surface area (Å²) in [6.07, 6.45) is 1.97. The van der Waals surface area contributed by atoms with Gasteiger partial charge in [0.15, 0.2) is 5.78 Å². The molecule has 1 saturated carbocycles. The third kappa shape index (κ3) is 2.99. The number of fused-ring (bicyclic) bond motifs is 3. The zero-order chi connectivity index (χ0) is 20.1. The molecule has 1 aliphatic carbocycles. The second-order valence-electron chi connectivity index (χ2n) is 7.61. The number of hydrogen-bond acceptors (Lipinski definition) is 4. The van der Waals surface area contributed by atoms with E-state index < -0.39 is 6.04 Å². The van der Waals surface area contributed by atoms with Crippen molar-refractivity contribution < 1.29 is 14.4 Å². The van der Waals surface area contributed by atoms with E-state index in [1.54, 1.807) is 29.2 Å². The minimum absolute atomic E-state index is 0.0286. The Morgan fingerprint density at radius 3 is 2.52 bits per heavy atom. The topological polar surface area (TPSA) is 84.3 Å². The normalized spacial score (nSPS) is 18.2. The van der Waals surface area contributed by atoms with Crippen molar-refractivity contribution in [1.82, 2.24) is 9.55 Å². The van der Waals surface area contributed by atoms with Crippen LogP contribution in [0.1, 0.15) is 42.6 Å². The predicted octanol–water partition coefficient (Wildman–Crippen LogP) is 3.32. The van der Waals surface area contributed by atoms with Crippen LogP contribution < -0.4 is 10.2 Å². The van der Waals surface area contributed by atoms with Crippen LogP contribution in [0.5, 0.6) is 0 Å². The first-order valence-corrected chi connectivity index (χ1v) is 9.74. The number of Topliss-reactive ketones (excluding diaryl/α,β-unsaturated/α-hetero) is 1. The van der Waals surface area contributed by atoms with Crippen LogP contribution in [0.3, 0.4) is 0 Å². The summed E-state index contributed by atoms with van der Waals surface area (Å²) in [6, 6.07) is 14.0. The van der Waals surface area contributed by atoms with Crippen molar-refractivity contribution in [3.8, 4) is 0 Å². The first-order valence-electron chi connectivity index (χ1n) is 9.74. The van der Waals surface area contributed by atoms with Crippen molar-refractivity contribution in [1.29, 1.82) is 0 Å². The Kier molecular flexibility index (Phi) is 3.97. The number of aromatic nitrogens is 2. The molecule has 7 nitrogen and oxygen atoms in total. The summed E-state index contributed by atoms with van der Waals surface area (Å²) < 4.78 is 1.90. The van der Waals surface area contributed by atoms with E-state index in [1.807, 2.05) is 28.8 Å². The van der Waals surface area contributed by atoms with E-state index >= 15 is 0 Å². The van der Waals surface area contributed by atoms with Crippen LogP contribution in [0.15, 0.2) is 48.5 Å². The number of carbonyl (C=O) groups is 3. The molecule has 2 amide bonds. The molecule has 1 unspecified atom stereocenters. The van der Waals surface area contributed by atoms with Crippen LogP contribution in [0.4, 0.5) is 11.6 Å². The average Bonchev–Trinajstić information content (AvgIpc) is 3.41. The van der Waals surface area contributed by atoms with Gasteiger partial charge in [-0.15, -0.1) is 0 Å². The van der Waals surface area contributed by atoms with Crippen LogP contribution in [0.2, 0.25) is 0 Å². The molecular formula is C22H20N4O3. The van der Waals surface area contributed by atoms with E-state index in [0.29, 0.717) is 17.2 Å². The highest BCUT2D eigenvalue weighted by atomic mass is 16.2. The van der Waals surface area contributed by atoms with Gasteiger partial charge in [-0.25, -0.2) is 4.98 Å². The summed E-state index contributed by atoms with van der Waals surface area (Å²) in [5, 5.41) is 2.83. The maximum absolute atomic E-state index is 13.1. The number of anilines is 2. The lowest BCUT2D eigenvalue weighted by Crippen LogP contribution is -2.33. The Hall–Kier alpha value is -3.48. The fourth-order valence-electron chi connectivity index (χ4n) is 3.91. The fourth-order valence-corrected chi connectivity index (χ4v) is 3.91. The highest BCUT2D eigenvalue weighted by Crippen LogP contribution is 2.42. The molecule has 2 aliphatic rings. The van der Waals surface area contributed by atoms with Gasteiger partial charge in [-0.1, -0.05) is 12.1 Å². The molecule has 1 atom stereocenters. The molecule has 0 radical (unpaired) electrons. The number of nitrogens with zero attached hydrogens (tertiary/aromatic N) is 3. The van der Waals surface area contributed by atoms with Gasteiger partial charge in [0, 0.05) is 17.3 Å². The first kappa shape index (κ1) is 17.6. The molecule has 0 saturated heterocycles. The number of nitrogens with one attached hydrogen (secondary N) is 1. The Morgan fingerprint density at radius 1 is 1.10 bits per heavy atom. The standard InChI is InChI=1S/C22H20N4O3/c1-13(27)14-6-8-15(9-7-14)23-20(28)12-19-21(29)25(16-10-11-16)22-24-17-4-2-3-5-18(17)26(19)22/h2-9,16,19H,10-12H2,1H3,(H,23,28). The van der Waals surface area contributed by atoms with Gasteiger partial charge in [-0.3, -0.25) is 23.9 Å². The number of carbonyl (C=O) groups excluding carboxylic acids is 3. The van der Waals surface area contributed by atoms with Gasteiger partial charge < -0.3 is 5.32 Å². The molecule has 1 aromatic heterocycles. The fraction of sp³-hybridized carbons (Fsp3) is 0.273. The summed E-state index contributed by atoms with van der Waals surface area (Å²) in [4.78, 5) is 43.6. The lowest BCUT2D eigenvalue weighted by atomic mass is 10.1. The van der Waals surface area contributed by atoms with Crippen LogP contribution >= 0.6 is 0 Å². The minimum atomic E-state index is -0.602. The van der Waals surface area contributed by atoms with Crippen molar-refractivity contribution >= 4 is 40.3 Å². The van der Waals surface area contributed by atoms with Crippen LogP contribution in [0, 0.1) is 0 Å². The van der Waals surface area contributed by atoms with Crippen molar-refractivity contribution in [2.45, 2.75) is 38.3 Å². The zero-order valence-corrected chi connectivity index (χ0v) is 16.0. The van der Waals surface area contributed by atoms with Crippen molar-refractivity contribution in [2.24, 2.45) is 0 Å². The van der Waals surface area contributed by atoms with Gasteiger partial charge in [0.2, 0.25) is 11.9 Å².